The number of nitrogens with zero attached hydrogens (tertiary/aromatic N) is 3. The number of aromatic nitrogens is 2. The van der Waals surface area contributed by atoms with Crippen molar-refractivity contribution in [3.05, 3.63) is 74.7 Å². The van der Waals surface area contributed by atoms with Gasteiger partial charge in [-0.3, -0.25) is 9.69 Å². The summed E-state index contributed by atoms with van der Waals surface area (Å²) in [6.07, 6.45) is 0.792. The number of urea groups is 1. The number of carbonyl (C=O) groups is 1. The Morgan fingerprint density at radius 1 is 1.13 bits per heavy atom. The fraction of sp³-hybridized carbons (Fsp3) is 0.348. The number of fused-ring (bicyclic) bond motifs is 1. The van der Waals surface area contributed by atoms with Crippen LogP contribution >= 0.6 is 15.9 Å². The third kappa shape index (κ3) is 5.51. The van der Waals surface area contributed by atoms with Crippen molar-refractivity contribution in [1.82, 2.24) is 25.1 Å². The fourth-order valence-electron chi connectivity index (χ4n) is 3.86. The van der Waals surface area contributed by atoms with Crippen LogP contribution in [0.2, 0.25) is 0 Å². The van der Waals surface area contributed by atoms with Gasteiger partial charge in [0, 0.05) is 36.7 Å². The van der Waals surface area contributed by atoms with E-state index in [2.05, 4.69) is 48.2 Å². The van der Waals surface area contributed by atoms with Gasteiger partial charge in [0.25, 0.3) is 5.56 Å². The molecule has 0 saturated carbocycles. The van der Waals surface area contributed by atoms with Gasteiger partial charge in [-0.15, -0.1) is 0 Å². The summed E-state index contributed by atoms with van der Waals surface area (Å²) in [5.74, 6) is 0.657. The van der Waals surface area contributed by atoms with Gasteiger partial charge in [-0.2, -0.15) is 0 Å². The van der Waals surface area contributed by atoms with Gasteiger partial charge >= 0.3 is 6.03 Å². The van der Waals surface area contributed by atoms with Crippen molar-refractivity contribution in [2.75, 3.05) is 26.2 Å². The largest absolute Gasteiger partial charge is 0.335 e. The van der Waals surface area contributed by atoms with Crippen molar-refractivity contribution < 1.29 is 4.79 Å². The zero-order valence-electron chi connectivity index (χ0n) is 17.5. The highest BCUT2D eigenvalue weighted by molar-refractivity contribution is 9.10. The van der Waals surface area contributed by atoms with Gasteiger partial charge in [-0.25, -0.2) is 9.78 Å². The number of halogens is 1. The van der Waals surface area contributed by atoms with Gasteiger partial charge in [0.05, 0.1) is 17.4 Å². The van der Waals surface area contributed by atoms with Crippen molar-refractivity contribution in [3.63, 3.8) is 0 Å². The maximum absolute atomic E-state index is 12.6. The minimum Gasteiger partial charge on any atom is -0.335 e. The summed E-state index contributed by atoms with van der Waals surface area (Å²) < 4.78 is 1.05. The molecule has 1 aliphatic rings. The molecule has 2 aromatic carbocycles. The van der Waals surface area contributed by atoms with Crippen molar-refractivity contribution in [1.29, 1.82) is 0 Å². The van der Waals surface area contributed by atoms with Crippen LogP contribution in [0.5, 0.6) is 0 Å². The molecule has 0 spiro atoms. The molecular weight excluding hydrogens is 458 g/mol. The first-order valence-electron chi connectivity index (χ1n) is 10.5. The number of piperazine rings is 1. The molecule has 2 N–H and O–H groups in total. The first kappa shape index (κ1) is 21.5. The summed E-state index contributed by atoms with van der Waals surface area (Å²) in [6, 6.07) is 15.5. The third-order valence-electron chi connectivity index (χ3n) is 5.52. The minimum atomic E-state index is -0.113. The molecule has 3 aromatic rings. The predicted octanol–water partition coefficient (Wildman–Crippen LogP) is 3.14. The van der Waals surface area contributed by atoms with E-state index in [1.807, 2.05) is 42.2 Å². The van der Waals surface area contributed by atoms with Crippen LogP contribution in [0.4, 0.5) is 4.79 Å². The zero-order chi connectivity index (χ0) is 21.8. The van der Waals surface area contributed by atoms with E-state index in [9.17, 15) is 9.59 Å². The summed E-state index contributed by atoms with van der Waals surface area (Å²) in [7, 11) is 0. The van der Waals surface area contributed by atoms with Gasteiger partial charge < -0.3 is 15.2 Å². The highest BCUT2D eigenvalue weighted by Gasteiger charge is 2.22. The van der Waals surface area contributed by atoms with Gasteiger partial charge in [-0.05, 0) is 43.2 Å². The lowest BCUT2D eigenvalue weighted by molar-refractivity contribution is 0.132. The Balaban J connectivity index is 1.27. The number of hydrogen-bond acceptors (Lipinski definition) is 4. The molecule has 1 aromatic heterocycles. The average molecular weight is 484 g/mol. The number of aromatic amines is 1. The Kier molecular flexibility index (Phi) is 6.67. The zero-order valence-corrected chi connectivity index (χ0v) is 19.1. The highest BCUT2D eigenvalue weighted by atomic mass is 79.9. The first-order valence-corrected chi connectivity index (χ1v) is 11.3. The quantitative estimate of drug-likeness (QED) is 0.583. The Hall–Kier alpha value is -2.71. The molecule has 1 fully saturated rings. The molecule has 162 valence electrons. The van der Waals surface area contributed by atoms with Crippen LogP contribution < -0.4 is 10.9 Å². The number of rotatable bonds is 5. The second kappa shape index (κ2) is 9.62. The standard InChI is InChI=1S/C23H26BrN5O2/c1-16(14-17-6-8-18(24)9-7-17)25-23(31)29-12-10-28(11-13-29)15-21-26-20-5-3-2-4-19(20)22(30)27-21/h2-9,16H,10-15H2,1H3,(H,25,31)(H,26,27,30). The molecule has 1 saturated heterocycles. The molecule has 2 amide bonds. The summed E-state index contributed by atoms with van der Waals surface area (Å²) in [4.78, 5) is 36.4. The monoisotopic (exact) mass is 483 g/mol. The number of carbonyl (C=O) groups excluding carboxylic acids is 1. The third-order valence-corrected chi connectivity index (χ3v) is 6.05. The van der Waals surface area contributed by atoms with E-state index in [-0.39, 0.29) is 17.6 Å². The van der Waals surface area contributed by atoms with Gasteiger partial charge in [0.15, 0.2) is 0 Å². The normalized spacial score (nSPS) is 15.7. The number of para-hydroxylation sites is 1. The SMILES string of the molecule is CC(Cc1ccc(Br)cc1)NC(=O)N1CCN(Cc2nc3ccccc3c(=O)[nH]2)CC1. The summed E-state index contributed by atoms with van der Waals surface area (Å²) in [6.45, 7) is 5.37. The topological polar surface area (TPSA) is 81.3 Å². The molecule has 7 nitrogen and oxygen atoms in total. The second-order valence-electron chi connectivity index (χ2n) is 7.97. The Bertz CT molecular complexity index is 1110. The van der Waals surface area contributed by atoms with Crippen LogP contribution in [0.3, 0.4) is 0 Å². The molecule has 0 radical (unpaired) electrons. The number of nitrogens with one attached hydrogen (secondary N) is 2. The first-order chi connectivity index (χ1) is 15.0. The second-order valence-corrected chi connectivity index (χ2v) is 8.89. The van der Waals surface area contributed by atoms with Crippen LogP contribution in [-0.2, 0) is 13.0 Å². The van der Waals surface area contributed by atoms with Crippen molar-refractivity contribution >= 4 is 32.9 Å². The molecule has 31 heavy (non-hydrogen) atoms. The van der Waals surface area contributed by atoms with E-state index in [0.717, 1.165) is 24.0 Å². The van der Waals surface area contributed by atoms with Gasteiger partial charge in [-0.1, -0.05) is 40.2 Å². The van der Waals surface area contributed by atoms with Crippen LogP contribution in [0.15, 0.2) is 57.8 Å². The molecule has 2 heterocycles. The molecule has 1 aliphatic heterocycles. The molecule has 8 heteroatoms. The summed E-state index contributed by atoms with van der Waals surface area (Å²) in [5, 5.41) is 3.70. The lowest BCUT2D eigenvalue weighted by Gasteiger charge is -2.35. The van der Waals surface area contributed by atoms with E-state index in [1.54, 1.807) is 6.07 Å². The van der Waals surface area contributed by atoms with E-state index < -0.39 is 0 Å². The van der Waals surface area contributed by atoms with Crippen LogP contribution in [0.1, 0.15) is 18.3 Å². The Morgan fingerprint density at radius 3 is 2.58 bits per heavy atom. The lowest BCUT2D eigenvalue weighted by atomic mass is 10.1. The maximum atomic E-state index is 12.6. The Labute approximate surface area is 189 Å². The maximum Gasteiger partial charge on any atom is 0.317 e. The van der Waals surface area contributed by atoms with E-state index >= 15 is 0 Å². The number of benzene rings is 2. The van der Waals surface area contributed by atoms with E-state index in [0.29, 0.717) is 36.4 Å². The van der Waals surface area contributed by atoms with Crippen LogP contribution in [0, 0.1) is 0 Å². The van der Waals surface area contributed by atoms with E-state index in [1.165, 1.54) is 5.56 Å². The molecule has 1 atom stereocenters. The van der Waals surface area contributed by atoms with E-state index in [4.69, 9.17) is 0 Å². The highest BCUT2D eigenvalue weighted by Crippen LogP contribution is 2.13. The lowest BCUT2D eigenvalue weighted by Crippen LogP contribution is -2.53. The molecule has 4 rings (SSSR count). The molecular formula is C23H26BrN5O2. The summed E-state index contributed by atoms with van der Waals surface area (Å²) >= 11 is 3.44. The number of H-pyrrole nitrogens is 1. The van der Waals surface area contributed by atoms with Crippen LogP contribution in [0.25, 0.3) is 10.9 Å². The predicted molar refractivity (Wildman–Crippen MR) is 125 cm³/mol. The van der Waals surface area contributed by atoms with Crippen molar-refractivity contribution in [3.8, 4) is 0 Å². The van der Waals surface area contributed by atoms with Gasteiger partial charge in [0.2, 0.25) is 0 Å². The Morgan fingerprint density at radius 2 is 1.84 bits per heavy atom. The van der Waals surface area contributed by atoms with Gasteiger partial charge in [0.1, 0.15) is 5.82 Å². The number of amides is 2. The smallest absolute Gasteiger partial charge is 0.317 e. The van der Waals surface area contributed by atoms with Crippen molar-refractivity contribution in [2.24, 2.45) is 0 Å². The molecule has 0 bridgehead atoms. The molecule has 1 unspecified atom stereocenters. The number of hydrogen-bond donors (Lipinski definition) is 2. The fourth-order valence-corrected chi connectivity index (χ4v) is 4.12. The average Bonchev–Trinajstić information content (AvgIpc) is 2.76. The minimum absolute atomic E-state index is 0.0264. The van der Waals surface area contributed by atoms with Crippen molar-refractivity contribution in [2.45, 2.75) is 25.9 Å². The molecule has 0 aliphatic carbocycles. The summed E-state index contributed by atoms with van der Waals surface area (Å²) in [5.41, 5.74) is 1.79. The van der Waals surface area contributed by atoms with Crippen LogP contribution in [-0.4, -0.2) is 58.0 Å².